The third kappa shape index (κ3) is 2.51. The summed E-state index contributed by atoms with van der Waals surface area (Å²) in [6, 6.07) is 6.12. The Morgan fingerprint density at radius 1 is 1.28 bits per heavy atom. The number of hydrogen-bond acceptors (Lipinski definition) is 2. The molecule has 3 nitrogen and oxygen atoms in total. The fourth-order valence-electron chi connectivity index (χ4n) is 1.48. The first-order valence-corrected chi connectivity index (χ1v) is 5.26. The van der Waals surface area contributed by atoms with Crippen LogP contribution in [0.2, 0.25) is 0 Å². The van der Waals surface area contributed by atoms with Gasteiger partial charge in [-0.3, -0.25) is 9.78 Å². The molecule has 2 aromatic rings. The Balaban J connectivity index is 2.25. The fraction of sp³-hybridized carbons (Fsp3) is 0.0769. The van der Waals surface area contributed by atoms with E-state index in [1.165, 1.54) is 0 Å². The lowest BCUT2D eigenvalue weighted by atomic mass is 10.2. The fourth-order valence-corrected chi connectivity index (χ4v) is 1.48. The second kappa shape index (κ2) is 4.91. The normalized spacial score (nSPS) is 10.2. The van der Waals surface area contributed by atoms with Crippen LogP contribution >= 0.6 is 0 Å². The molecule has 0 unspecified atom stereocenters. The van der Waals surface area contributed by atoms with E-state index in [4.69, 9.17) is 0 Å². The molecule has 0 spiro atoms. The molecule has 0 aliphatic carbocycles. The van der Waals surface area contributed by atoms with Gasteiger partial charge in [-0.25, -0.2) is 8.78 Å². The molecule has 1 N–H and O–H groups in total. The number of rotatable bonds is 2. The van der Waals surface area contributed by atoms with Crippen molar-refractivity contribution in [1.29, 1.82) is 0 Å². The molecule has 1 heterocycles. The molecule has 92 valence electrons. The highest BCUT2D eigenvalue weighted by atomic mass is 19.1. The zero-order valence-corrected chi connectivity index (χ0v) is 9.58. The number of carbonyl (C=O) groups is 1. The van der Waals surface area contributed by atoms with Gasteiger partial charge in [-0.15, -0.1) is 0 Å². The number of carbonyl (C=O) groups excluding carboxylic acids is 1. The van der Waals surface area contributed by atoms with E-state index in [0.717, 1.165) is 12.1 Å². The molecule has 0 aliphatic heterocycles. The van der Waals surface area contributed by atoms with E-state index in [1.54, 1.807) is 25.3 Å². The molecule has 5 heteroatoms. The van der Waals surface area contributed by atoms with Gasteiger partial charge in [0, 0.05) is 12.3 Å². The van der Waals surface area contributed by atoms with Crippen molar-refractivity contribution in [2.45, 2.75) is 6.92 Å². The van der Waals surface area contributed by atoms with Crippen LogP contribution in [0.25, 0.3) is 0 Å². The van der Waals surface area contributed by atoms with Gasteiger partial charge in [0.15, 0.2) is 0 Å². The summed E-state index contributed by atoms with van der Waals surface area (Å²) in [7, 11) is 0. The van der Waals surface area contributed by atoms with Crippen LogP contribution in [-0.2, 0) is 0 Å². The Hall–Kier alpha value is -2.30. The Morgan fingerprint density at radius 2 is 2.06 bits per heavy atom. The third-order valence-electron chi connectivity index (χ3n) is 2.43. The maximum atomic E-state index is 13.4. The van der Waals surface area contributed by atoms with Crippen molar-refractivity contribution in [2.75, 3.05) is 5.32 Å². The molecule has 0 aliphatic rings. The number of hydrogen-bond donors (Lipinski definition) is 1. The van der Waals surface area contributed by atoms with Crippen molar-refractivity contribution in [1.82, 2.24) is 4.98 Å². The van der Waals surface area contributed by atoms with E-state index in [0.29, 0.717) is 17.4 Å². The van der Waals surface area contributed by atoms with Gasteiger partial charge in [0.2, 0.25) is 0 Å². The van der Waals surface area contributed by atoms with Crippen molar-refractivity contribution in [3.05, 3.63) is 59.4 Å². The minimum atomic E-state index is -0.894. The van der Waals surface area contributed by atoms with Gasteiger partial charge in [-0.05, 0) is 31.2 Å². The third-order valence-corrected chi connectivity index (χ3v) is 2.43. The smallest absolute Gasteiger partial charge is 0.258 e. The van der Waals surface area contributed by atoms with Crippen LogP contribution in [0.4, 0.5) is 14.5 Å². The highest BCUT2D eigenvalue weighted by Crippen LogP contribution is 2.15. The zero-order valence-electron chi connectivity index (χ0n) is 9.58. The molecule has 1 amide bonds. The Kier molecular flexibility index (Phi) is 3.32. The lowest BCUT2D eigenvalue weighted by Gasteiger charge is -2.07. The highest BCUT2D eigenvalue weighted by molar-refractivity contribution is 6.04. The van der Waals surface area contributed by atoms with E-state index in [1.807, 2.05) is 0 Å². The highest BCUT2D eigenvalue weighted by Gasteiger charge is 2.13. The molecule has 1 aromatic carbocycles. The van der Waals surface area contributed by atoms with Crippen LogP contribution in [0.3, 0.4) is 0 Å². The van der Waals surface area contributed by atoms with Gasteiger partial charge in [-0.2, -0.15) is 0 Å². The van der Waals surface area contributed by atoms with Crippen LogP contribution in [-0.4, -0.2) is 10.9 Å². The number of benzene rings is 1. The van der Waals surface area contributed by atoms with Crippen LogP contribution < -0.4 is 5.32 Å². The number of halogens is 2. The minimum Gasteiger partial charge on any atom is -0.320 e. The Bertz CT molecular complexity index is 599. The van der Waals surface area contributed by atoms with Crippen molar-refractivity contribution in [3.8, 4) is 0 Å². The standard InChI is InChI=1S/C13H10F2N2O/c1-8-12(3-2-6-16-8)17-13(18)10-5-4-9(14)7-11(10)15/h2-7H,1H3,(H,17,18). The first kappa shape index (κ1) is 12.2. The summed E-state index contributed by atoms with van der Waals surface area (Å²) in [6.45, 7) is 1.72. The summed E-state index contributed by atoms with van der Waals surface area (Å²) >= 11 is 0. The summed E-state index contributed by atoms with van der Waals surface area (Å²) < 4.78 is 26.1. The molecule has 1 aromatic heterocycles. The number of amides is 1. The second-order valence-corrected chi connectivity index (χ2v) is 3.71. The molecular weight excluding hydrogens is 238 g/mol. The molecular formula is C13H10F2N2O. The summed E-state index contributed by atoms with van der Waals surface area (Å²) in [5.41, 5.74) is 0.902. The monoisotopic (exact) mass is 248 g/mol. The average molecular weight is 248 g/mol. The molecule has 0 saturated carbocycles. The number of pyridine rings is 1. The number of nitrogens with one attached hydrogen (secondary N) is 1. The first-order chi connectivity index (χ1) is 8.58. The predicted octanol–water partition coefficient (Wildman–Crippen LogP) is 2.92. The molecule has 0 bridgehead atoms. The van der Waals surface area contributed by atoms with Crippen LogP contribution in [0.5, 0.6) is 0 Å². The van der Waals surface area contributed by atoms with E-state index in [-0.39, 0.29) is 5.56 Å². The summed E-state index contributed by atoms with van der Waals surface area (Å²) in [5.74, 6) is -2.25. The molecule has 0 radical (unpaired) electrons. The topological polar surface area (TPSA) is 42.0 Å². The van der Waals surface area contributed by atoms with Crippen LogP contribution in [0, 0.1) is 18.6 Å². The van der Waals surface area contributed by atoms with E-state index >= 15 is 0 Å². The lowest BCUT2D eigenvalue weighted by Crippen LogP contribution is -2.15. The summed E-state index contributed by atoms with van der Waals surface area (Å²) in [5, 5.41) is 2.52. The lowest BCUT2D eigenvalue weighted by molar-refractivity contribution is 0.102. The molecule has 18 heavy (non-hydrogen) atoms. The van der Waals surface area contributed by atoms with Gasteiger partial charge >= 0.3 is 0 Å². The summed E-state index contributed by atoms with van der Waals surface area (Å²) in [6.07, 6.45) is 1.59. The number of nitrogens with zero attached hydrogens (tertiary/aromatic N) is 1. The van der Waals surface area contributed by atoms with E-state index in [2.05, 4.69) is 10.3 Å². The molecule has 2 rings (SSSR count). The van der Waals surface area contributed by atoms with Crippen molar-refractivity contribution in [3.63, 3.8) is 0 Å². The molecule has 0 atom stereocenters. The summed E-state index contributed by atoms with van der Waals surface area (Å²) in [4.78, 5) is 15.8. The average Bonchev–Trinajstić information content (AvgIpc) is 2.32. The minimum absolute atomic E-state index is 0.209. The predicted molar refractivity (Wildman–Crippen MR) is 63.3 cm³/mol. The number of aromatic nitrogens is 1. The van der Waals surface area contributed by atoms with Gasteiger partial charge in [0.1, 0.15) is 11.6 Å². The second-order valence-electron chi connectivity index (χ2n) is 3.71. The van der Waals surface area contributed by atoms with Gasteiger partial charge < -0.3 is 5.32 Å². The maximum Gasteiger partial charge on any atom is 0.258 e. The van der Waals surface area contributed by atoms with Crippen LogP contribution in [0.1, 0.15) is 16.1 Å². The quantitative estimate of drug-likeness (QED) is 0.887. The van der Waals surface area contributed by atoms with Crippen LogP contribution in [0.15, 0.2) is 36.5 Å². The van der Waals surface area contributed by atoms with E-state index < -0.39 is 17.5 Å². The van der Waals surface area contributed by atoms with Gasteiger partial charge in [0.25, 0.3) is 5.91 Å². The molecule has 0 fully saturated rings. The van der Waals surface area contributed by atoms with Crippen molar-refractivity contribution < 1.29 is 13.6 Å². The Labute approximate surface area is 102 Å². The SMILES string of the molecule is Cc1ncccc1NC(=O)c1ccc(F)cc1F. The largest absolute Gasteiger partial charge is 0.320 e. The number of aryl methyl sites for hydroxylation is 1. The van der Waals surface area contributed by atoms with Crippen molar-refractivity contribution in [2.24, 2.45) is 0 Å². The zero-order chi connectivity index (χ0) is 13.1. The molecule has 0 saturated heterocycles. The van der Waals surface area contributed by atoms with E-state index in [9.17, 15) is 13.6 Å². The van der Waals surface area contributed by atoms with Gasteiger partial charge in [0.05, 0.1) is 16.9 Å². The Morgan fingerprint density at radius 3 is 2.72 bits per heavy atom. The first-order valence-electron chi connectivity index (χ1n) is 5.26. The maximum absolute atomic E-state index is 13.4. The van der Waals surface area contributed by atoms with Crippen molar-refractivity contribution >= 4 is 11.6 Å². The number of anilines is 1. The van der Waals surface area contributed by atoms with Gasteiger partial charge in [-0.1, -0.05) is 0 Å².